The Labute approximate surface area is 186 Å². The number of nitro groups is 1. The number of aromatic nitrogens is 1. The van der Waals surface area contributed by atoms with Crippen LogP contribution in [-0.2, 0) is 11.8 Å². The number of hydrogen-bond acceptors (Lipinski definition) is 8. The van der Waals surface area contributed by atoms with E-state index in [4.69, 9.17) is 14.2 Å². The van der Waals surface area contributed by atoms with Crippen LogP contribution in [0.15, 0.2) is 35.3 Å². The number of carbonyl (C=O) groups is 1. The molecule has 1 aromatic heterocycles. The van der Waals surface area contributed by atoms with Gasteiger partial charge in [0, 0.05) is 43.9 Å². The first kappa shape index (κ1) is 20.5. The second kappa shape index (κ2) is 8.24. The number of rotatable bonds is 3. The first-order valence-electron chi connectivity index (χ1n) is 10.1. The first-order chi connectivity index (χ1) is 15.5. The fraction of sp³-hybridized carbons (Fsp3) is 0.333. The van der Waals surface area contributed by atoms with Crippen molar-refractivity contribution in [3.63, 3.8) is 0 Å². The van der Waals surface area contributed by atoms with Crippen LogP contribution in [0.4, 0.5) is 11.4 Å². The van der Waals surface area contributed by atoms with Crippen molar-refractivity contribution in [2.24, 2.45) is 12.0 Å². The zero-order chi connectivity index (χ0) is 22.2. The summed E-state index contributed by atoms with van der Waals surface area (Å²) in [4.78, 5) is 30.7. The van der Waals surface area contributed by atoms with Crippen LogP contribution in [0.3, 0.4) is 0 Å². The quantitative estimate of drug-likeness (QED) is 0.440. The summed E-state index contributed by atoms with van der Waals surface area (Å²) < 4.78 is 19.3. The third-order valence-electron chi connectivity index (χ3n) is 5.44. The number of anilines is 1. The van der Waals surface area contributed by atoms with Gasteiger partial charge >= 0.3 is 0 Å². The van der Waals surface area contributed by atoms with E-state index in [-0.39, 0.29) is 11.3 Å². The molecule has 1 amide bonds. The number of benzene rings is 2. The Hall–Kier alpha value is -3.44. The van der Waals surface area contributed by atoms with E-state index < -0.39 is 10.8 Å². The maximum absolute atomic E-state index is 12.9. The van der Waals surface area contributed by atoms with Gasteiger partial charge in [0.2, 0.25) is 0 Å². The summed E-state index contributed by atoms with van der Waals surface area (Å²) in [5.41, 5.74) is 1.39. The molecule has 3 aromatic rings. The van der Waals surface area contributed by atoms with Crippen LogP contribution in [0.5, 0.6) is 11.5 Å². The van der Waals surface area contributed by atoms with Gasteiger partial charge in [-0.3, -0.25) is 14.9 Å². The van der Waals surface area contributed by atoms with E-state index in [0.29, 0.717) is 61.5 Å². The van der Waals surface area contributed by atoms with Crippen LogP contribution in [0.25, 0.3) is 10.2 Å². The highest BCUT2D eigenvalue weighted by Crippen LogP contribution is 2.35. The Bertz CT molecular complexity index is 1290. The van der Waals surface area contributed by atoms with E-state index in [1.165, 1.54) is 17.4 Å². The van der Waals surface area contributed by atoms with E-state index in [1.807, 2.05) is 24.1 Å². The molecular formula is C21H20N4O6S. The summed E-state index contributed by atoms with van der Waals surface area (Å²) >= 11 is 1.34. The second-order valence-corrected chi connectivity index (χ2v) is 8.39. The molecule has 166 valence electrons. The van der Waals surface area contributed by atoms with Crippen molar-refractivity contribution in [3.05, 3.63) is 50.8 Å². The van der Waals surface area contributed by atoms with Gasteiger partial charge in [0.15, 0.2) is 16.3 Å². The zero-order valence-electron chi connectivity index (χ0n) is 17.3. The molecule has 2 aromatic carbocycles. The molecule has 0 radical (unpaired) electrons. The Morgan fingerprint density at radius 2 is 1.81 bits per heavy atom. The molecule has 0 aliphatic carbocycles. The van der Waals surface area contributed by atoms with Crippen molar-refractivity contribution in [2.45, 2.75) is 0 Å². The fourth-order valence-corrected chi connectivity index (χ4v) is 4.82. The van der Waals surface area contributed by atoms with Crippen LogP contribution in [0.2, 0.25) is 0 Å². The predicted molar refractivity (Wildman–Crippen MR) is 118 cm³/mol. The van der Waals surface area contributed by atoms with E-state index in [1.54, 1.807) is 16.7 Å². The topological polar surface area (TPSA) is 108 Å². The lowest BCUT2D eigenvalue weighted by Crippen LogP contribution is -2.36. The highest BCUT2D eigenvalue weighted by atomic mass is 32.1. The molecule has 11 heteroatoms. The Morgan fingerprint density at radius 3 is 2.53 bits per heavy atom. The van der Waals surface area contributed by atoms with Gasteiger partial charge in [-0.15, -0.1) is 0 Å². The molecule has 0 N–H and O–H groups in total. The highest BCUT2D eigenvalue weighted by Gasteiger charge is 2.23. The molecule has 0 saturated carbocycles. The van der Waals surface area contributed by atoms with Crippen LogP contribution >= 0.6 is 11.3 Å². The molecule has 0 unspecified atom stereocenters. The molecule has 1 saturated heterocycles. The second-order valence-electron chi connectivity index (χ2n) is 7.38. The number of fused-ring (bicyclic) bond motifs is 2. The molecule has 10 nitrogen and oxygen atoms in total. The van der Waals surface area contributed by atoms with E-state index in [9.17, 15) is 14.9 Å². The minimum Gasteiger partial charge on any atom is -0.486 e. The van der Waals surface area contributed by atoms with Gasteiger partial charge in [-0.25, -0.2) is 0 Å². The summed E-state index contributed by atoms with van der Waals surface area (Å²) in [6.07, 6.45) is 0. The van der Waals surface area contributed by atoms with Crippen LogP contribution in [-0.4, -0.2) is 54.9 Å². The number of morpholine rings is 1. The molecule has 2 aliphatic heterocycles. The molecule has 32 heavy (non-hydrogen) atoms. The van der Waals surface area contributed by atoms with Gasteiger partial charge < -0.3 is 23.7 Å². The Kier molecular flexibility index (Phi) is 5.27. The normalized spacial score (nSPS) is 16.4. The van der Waals surface area contributed by atoms with Crippen molar-refractivity contribution in [2.75, 3.05) is 44.4 Å². The maximum atomic E-state index is 12.9. The van der Waals surface area contributed by atoms with Gasteiger partial charge in [0.1, 0.15) is 18.9 Å². The maximum Gasteiger partial charge on any atom is 0.293 e. The summed E-state index contributed by atoms with van der Waals surface area (Å²) in [6.45, 7) is 3.12. The van der Waals surface area contributed by atoms with Gasteiger partial charge in [-0.1, -0.05) is 11.3 Å². The fourth-order valence-electron chi connectivity index (χ4n) is 3.80. The zero-order valence-corrected chi connectivity index (χ0v) is 18.1. The number of aryl methyl sites for hydroxylation is 1. The molecule has 0 atom stereocenters. The Balaban J connectivity index is 1.51. The smallest absolute Gasteiger partial charge is 0.293 e. The molecule has 3 heterocycles. The number of amides is 1. The molecule has 0 spiro atoms. The number of carbonyl (C=O) groups excluding carboxylic acids is 1. The number of hydrogen-bond donors (Lipinski definition) is 0. The van der Waals surface area contributed by atoms with E-state index in [0.717, 1.165) is 10.2 Å². The summed E-state index contributed by atoms with van der Waals surface area (Å²) in [6, 6.07) is 8.23. The van der Waals surface area contributed by atoms with Crippen LogP contribution in [0.1, 0.15) is 10.4 Å². The molecular weight excluding hydrogens is 436 g/mol. The van der Waals surface area contributed by atoms with Crippen molar-refractivity contribution >= 4 is 38.8 Å². The lowest BCUT2D eigenvalue weighted by Gasteiger charge is -2.28. The molecule has 0 bridgehead atoms. The summed E-state index contributed by atoms with van der Waals surface area (Å²) in [5.74, 6) is 0.781. The average molecular weight is 456 g/mol. The third kappa shape index (κ3) is 3.69. The van der Waals surface area contributed by atoms with Gasteiger partial charge in [0.25, 0.3) is 11.6 Å². The van der Waals surface area contributed by atoms with Gasteiger partial charge in [-0.05, 0) is 12.1 Å². The van der Waals surface area contributed by atoms with Gasteiger partial charge in [0.05, 0.1) is 28.4 Å². The van der Waals surface area contributed by atoms with Crippen LogP contribution in [0, 0.1) is 10.1 Å². The molecule has 1 fully saturated rings. The highest BCUT2D eigenvalue weighted by molar-refractivity contribution is 7.16. The lowest BCUT2D eigenvalue weighted by molar-refractivity contribution is -0.384. The first-order valence-corrected chi connectivity index (χ1v) is 10.9. The van der Waals surface area contributed by atoms with Crippen molar-refractivity contribution < 1.29 is 23.9 Å². The minimum absolute atomic E-state index is 0.115. The number of nitro benzene ring substituents is 1. The average Bonchev–Trinajstić information content (AvgIpc) is 3.11. The molecule has 5 rings (SSSR count). The van der Waals surface area contributed by atoms with Gasteiger partial charge in [-0.2, -0.15) is 4.99 Å². The SMILES string of the molecule is Cn1c(=NC(=O)c2ccc(N3CCOCC3)c([N+](=O)[O-])c2)sc2cc3c(cc21)OCCO3. The monoisotopic (exact) mass is 456 g/mol. The minimum atomic E-state index is -0.541. The van der Waals surface area contributed by atoms with E-state index >= 15 is 0 Å². The van der Waals surface area contributed by atoms with Crippen LogP contribution < -0.4 is 19.2 Å². The summed E-state index contributed by atoms with van der Waals surface area (Å²) in [5, 5.41) is 11.7. The van der Waals surface area contributed by atoms with Crippen molar-refractivity contribution in [1.82, 2.24) is 4.57 Å². The molecule has 2 aliphatic rings. The standard InChI is InChI=1S/C21H20N4O6S/c1-23-16-11-17-18(31-9-8-30-17)12-19(16)32-21(23)22-20(26)13-2-3-14(15(10-13)25(27)28)24-4-6-29-7-5-24/h2-3,10-12H,4-9H2,1H3. The number of thiazole rings is 1. The number of nitrogens with zero attached hydrogens (tertiary/aromatic N) is 4. The number of ether oxygens (including phenoxy) is 3. The third-order valence-corrected chi connectivity index (χ3v) is 6.54. The predicted octanol–water partition coefficient (Wildman–Crippen LogP) is 2.50. The lowest BCUT2D eigenvalue weighted by atomic mass is 10.1. The largest absolute Gasteiger partial charge is 0.486 e. The van der Waals surface area contributed by atoms with Crippen molar-refractivity contribution in [3.8, 4) is 11.5 Å². The van der Waals surface area contributed by atoms with Crippen molar-refractivity contribution in [1.29, 1.82) is 0 Å². The van der Waals surface area contributed by atoms with E-state index in [2.05, 4.69) is 4.99 Å². The Morgan fingerprint density at radius 1 is 1.09 bits per heavy atom. The summed E-state index contributed by atoms with van der Waals surface area (Å²) in [7, 11) is 1.81.